The third-order valence-corrected chi connectivity index (χ3v) is 3.94. The summed E-state index contributed by atoms with van der Waals surface area (Å²) >= 11 is 0. The number of aromatic nitrogens is 3. The largest absolute Gasteiger partial charge is 0.426 e. The summed E-state index contributed by atoms with van der Waals surface area (Å²) in [7, 11) is 1.93. The first-order valence-corrected chi connectivity index (χ1v) is 7.37. The summed E-state index contributed by atoms with van der Waals surface area (Å²) in [6.45, 7) is 0. The SMILES string of the molecule is Cn1cnc2cc(OC(=O)Cc3c[nH]c4ccccc34)ccc21. The van der Waals surface area contributed by atoms with E-state index < -0.39 is 0 Å². The molecule has 0 amide bonds. The van der Waals surface area contributed by atoms with Gasteiger partial charge < -0.3 is 14.3 Å². The molecule has 0 aliphatic heterocycles. The van der Waals surface area contributed by atoms with Crippen molar-refractivity contribution >= 4 is 27.9 Å². The van der Waals surface area contributed by atoms with Crippen molar-refractivity contribution in [1.29, 1.82) is 0 Å². The number of nitrogens with one attached hydrogen (secondary N) is 1. The number of carbonyl (C=O) groups is 1. The molecule has 2 aromatic carbocycles. The van der Waals surface area contributed by atoms with Gasteiger partial charge in [-0.1, -0.05) is 18.2 Å². The number of H-pyrrole nitrogens is 1. The first-order valence-electron chi connectivity index (χ1n) is 7.37. The summed E-state index contributed by atoms with van der Waals surface area (Å²) in [5.74, 6) is 0.228. The highest BCUT2D eigenvalue weighted by Crippen LogP contribution is 2.21. The standard InChI is InChI=1S/C18H15N3O2/c1-21-11-20-16-9-13(6-7-17(16)21)23-18(22)8-12-10-19-15-5-3-2-4-14(12)15/h2-7,9-11,19H,8H2,1H3. The highest BCUT2D eigenvalue weighted by Gasteiger charge is 2.11. The first kappa shape index (κ1) is 13.6. The van der Waals surface area contributed by atoms with Crippen LogP contribution in [-0.2, 0) is 18.3 Å². The van der Waals surface area contributed by atoms with Crippen LogP contribution in [0.15, 0.2) is 55.0 Å². The maximum absolute atomic E-state index is 12.2. The molecule has 4 rings (SSSR count). The van der Waals surface area contributed by atoms with Crippen molar-refractivity contribution in [2.45, 2.75) is 6.42 Å². The van der Waals surface area contributed by atoms with Crippen LogP contribution in [0, 0.1) is 0 Å². The lowest BCUT2D eigenvalue weighted by atomic mass is 10.1. The summed E-state index contributed by atoms with van der Waals surface area (Å²) < 4.78 is 7.38. The molecule has 0 spiro atoms. The number of hydrogen-bond donors (Lipinski definition) is 1. The van der Waals surface area contributed by atoms with E-state index in [1.807, 2.05) is 48.1 Å². The summed E-state index contributed by atoms with van der Waals surface area (Å²) in [4.78, 5) is 19.6. The predicted molar refractivity (Wildman–Crippen MR) is 88.4 cm³/mol. The smallest absolute Gasteiger partial charge is 0.315 e. The minimum atomic E-state index is -0.287. The second-order valence-corrected chi connectivity index (χ2v) is 5.52. The lowest BCUT2D eigenvalue weighted by Crippen LogP contribution is -2.10. The highest BCUT2D eigenvalue weighted by molar-refractivity contribution is 5.88. The quantitative estimate of drug-likeness (QED) is 0.467. The Hall–Kier alpha value is -3.08. The molecular formula is C18H15N3O2. The monoisotopic (exact) mass is 305 g/mol. The number of imidazole rings is 1. The zero-order valence-electron chi connectivity index (χ0n) is 12.6. The molecule has 0 bridgehead atoms. The fourth-order valence-electron chi connectivity index (χ4n) is 2.78. The van der Waals surface area contributed by atoms with E-state index in [1.165, 1.54) is 0 Å². The molecule has 4 aromatic rings. The van der Waals surface area contributed by atoms with Gasteiger partial charge in [0.05, 0.1) is 23.8 Å². The third kappa shape index (κ3) is 2.46. The van der Waals surface area contributed by atoms with Gasteiger partial charge in [0.1, 0.15) is 5.75 Å². The van der Waals surface area contributed by atoms with Gasteiger partial charge in [-0.2, -0.15) is 0 Å². The molecule has 0 radical (unpaired) electrons. The maximum Gasteiger partial charge on any atom is 0.315 e. The highest BCUT2D eigenvalue weighted by atomic mass is 16.5. The molecule has 114 valence electrons. The second-order valence-electron chi connectivity index (χ2n) is 5.52. The van der Waals surface area contributed by atoms with Gasteiger partial charge in [0.15, 0.2) is 0 Å². The summed E-state index contributed by atoms with van der Waals surface area (Å²) in [6.07, 6.45) is 3.82. The van der Waals surface area contributed by atoms with Gasteiger partial charge in [-0.25, -0.2) is 4.98 Å². The average Bonchev–Trinajstić information content (AvgIpc) is 3.12. The van der Waals surface area contributed by atoms with Gasteiger partial charge in [-0.05, 0) is 23.8 Å². The molecule has 0 aliphatic carbocycles. The van der Waals surface area contributed by atoms with E-state index in [2.05, 4.69) is 9.97 Å². The zero-order chi connectivity index (χ0) is 15.8. The Morgan fingerprint density at radius 1 is 1.26 bits per heavy atom. The molecule has 0 unspecified atom stereocenters. The van der Waals surface area contributed by atoms with Gasteiger partial charge in [0.2, 0.25) is 0 Å². The van der Waals surface area contributed by atoms with Crippen molar-refractivity contribution in [3.63, 3.8) is 0 Å². The summed E-state index contributed by atoms with van der Waals surface area (Å²) in [6, 6.07) is 13.4. The van der Waals surface area contributed by atoms with E-state index >= 15 is 0 Å². The number of nitrogens with zero attached hydrogens (tertiary/aromatic N) is 2. The molecule has 0 aliphatic rings. The van der Waals surface area contributed by atoms with Crippen LogP contribution in [0.3, 0.4) is 0 Å². The van der Waals surface area contributed by atoms with Crippen LogP contribution >= 0.6 is 0 Å². The molecular weight excluding hydrogens is 290 g/mol. The Morgan fingerprint density at radius 2 is 2.13 bits per heavy atom. The average molecular weight is 305 g/mol. The van der Waals surface area contributed by atoms with Crippen LogP contribution in [-0.4, -0.2) is 20.5 Å². The van der Waals surface area contributed by atoms with Crippen LogP contribution in [0.25, 0.3) is 21.9 Å². The lowest BCUT2D eigenvalue weighted by molar-refractivity contribution is -0.133. The van der Waals surface area contributed by atoms with Crippen molar-refractivity contribution in [2.24, 2.45) is 7.05 Å². The van der Waals surface area contributed by atoms with Crippen LogP contribution < -0.4 is 4.74 Å². The van der Waals surface area contributed by atoms with Crippen LogP contribution in [0.1, 0.15) is 5.56 Å². The van der Waals surface area contributed by atoms with Crippen molar-refractivity contribution in [3.05, 3.63) is 60.6 Å². The number of rotatable bonds is 3. The van der Waals surface area contributed by atoms with E-state index in [-0.39, 0.29) is 12.4 Å². The number of carbonyl (C=O) groups excluding carboxylic acids is 1. The molecule has 0 fully saturated rings. The van der Waals surface area contributed by atoms with Crippen LogP contribution in [0.2, 0.25) is 0 Å². The Balaban J connectivity index is 1.54. The number of esters is 1. The third-order valence-electron chi connectivity index (χ3n) is 3.94. The van der Waals surface area contributed by atoms with E-state index in [0.29, 0.717) is 5.75 Å². The van der Waals surface area contributed by atoms with E-state index in [4.69, 9.17) is 4.74 Å². The van der Waals surface area contributed by atoms with Gasteiger partial charge in [-0.3, -0.25) is 4.79 Å². The molecule has 0 saturated heterocycles. The fourth-order valence-corrected chi connectivity index (χ4v) is 2.78. The summed E-state index contributed by atoms with van der Waals surface area (Å²) in [5, 5.41) is 1.05. The Labute approximate surface area is 132 Å². The maximum atomic E-state index is 12.2. The molecule has 5 nitrogen and oxygen atoms in total. The van der Waals surface area contributed by atoms with Gasteiger partial charge in [-0.15, -0.1) is 0 Å². The Kier molecular flexibility index (Phi) is 3.12. The number of ether oxygens (including phenoxy) is 1. The zero-order valence-corrected chi connectivity index (χ0v) is 12.6. The molecule has 2 heterocycles. The van der Waals surface area contributed by atoms with Gasteiger partial charge >= 0.3 is 5.97 Å². The van der Waals surface area contributed by atoms with Crippen molar-refractivity contribution < 1.29 is 9.53 Å². The number of hydrogen-bond acceptors (Lipinski definition) is 3. The Morgan fingerprint density at radius 3 is 3.04 bits per heavy atom. The first-order chi connectivity index (χ1) is 11.2. The van der Waals surface area contributed by atoms with Gasteiger partial charge in [0, 0.05) is 30.2 Å². The number of fused-ring (bicyclic) bond motifs is 2. The number of aromatic amines is 1. The summed E-state index contributed by atoms with van der Waals surface area (Å²) in [5.41, 5.74) is 3.76. The minimum Gasteiger partial charge on any atom is -0.426 e. The number of para-hydroxylation sites is 1. The molecule has 1 N–H and O–H groups in total. The molecule has 5 heteroatoms. The van der Waals surface area contributed by atoms with Crippen molar-refractivity contribution in [3.8, 4) is 5.75 Å². The van der Waals surface area contributed by atoms with E-state index in [0.717, 1.165) is 27.5 Å². The minimum absolute atomic E-state index is 0.226. The number of benzene rings is 2. The topological polar surface area (TPSA) is 59.9 Å². The molecule has 2 aromatic heterocycles. The predicted octanol–water partition coefficient (Wildman–Crippen LogP) is 3.20. The second kappa shape index (κ2) is 5.28. The van der Waals surface area contributed by atoms with E-state index in [1.54, 1.807) is 18.5 Å². The lowest BCUT2D eigenvalue weighted by Gasteiger charge is -2.04. The van der Waals surface area contributed by atoms with E-state index in [9.17, 15) is 4.79 Å². The molecule has 23 heavy (non-hydrogen) atoms. The van der Waals surface area contributed by atoms with Crippen LogP contribution in [0.4, 0.5) is 0 Å². The van der Waals surface area contributed by atoms with Crippen molar-refractivity contribution in [1.82, 2.24) is 14.5 Å². The van der Waals surface area contributed by atoms with Gasteiger partial charge in [0.25, 0.3) is 0 Å². The number of aryl methyl sites for hydroxylation is 1. The fraction of sp³-hybridized carbons (Fsp3) is 0.111. The molecule has 0 saturated carbocycles. The van der Waals surface area contributed by atoms with Crippen LogP contribution in [0.5, 0.6) is 5.75 Å². The van der Waals surface area contributed by atoms with Crippen molar-refractivity contribution in [2.75, 3.05) is 0 Å². The molecule has 0 atom stereocenters. The Bertz CT molecular complexity index is 1010. The normalized spacial score (nSPS) is 11.2.